The molecular weight excluding hydrogens is 611 g/mol. The molecule has 250 valence electrons. The summed E-state index contributed by atoms with van der Waals surface area (Å²) < 4.78 is 14.2. The largest absolute Gasteiger partial charge is 0.368 e. The highest BCUT2D eigenvalue weighted by molar-refractivity contribution is 5.93. The summed E-state index contributed by atoms with van der Waals surface area (Å²) in [6, 6.07) is 15.7. The van der Waals surface area contributed by atoms with E-state index in [4.69, 9.17) is 0 Å². The van der Waals surface area contributed by atoms with Gasteiger partial charge in [-0.25, -0.2) is 14.0 Å². The fraction of sp³-hybridized carbons (Fsp3) is 0.389. The zero-order valence-corrected chi connectivity index (χ0v) is 27.3. The van der Waals surface area contributed by atoms with Crippen molar-refractivity contribution in [2.45, 2.75) is 51.7 Å². The van der Waals surface area contributed by atoms with E-state index in [1.165, 1.54) is 17.3 Å². The number of carbonyl (C=O) groups is 3. The highest BCUT2D eigenvalue weighted by Gasteiger charge is 2.35. The van der Waals surface area contributed by atoms with Crippen LogP contribution in [0.2, 0.25) is 0 Å². The Morgan fingerprint density at radius 2 is 1.73 bits per heavy atom. The monoisotopic (exact) mass is 652 g/mol. The van der Waals surface area contributed by atoms with Crippen molar-refractivity contribution in [1.29, 1.82) is 0 Å². The number of likely N-dealkylation sites (tertiary alicyclic amines) is 1. The van der Waals surface area contributed by atoms with Crippen molar-refractivity contribution in [2.24, 2.45) is 0 Å². The molecule has 1 unspecified atom stereocenters. The molecule has 3 aliphatic rings. The van der Waals surface area contributed by atoms with Gasteiger partial charge in [-0.05, 0) is 67.1 Å². The number of fused-ring (bicyclic) bond motifs is 2. The van der Waals surface area contributed by atoms with Gasteiger partial charge in [-0.15, -0.1) is 0 Å². The van der Waals surface area contributed by atoms with E-state index in [0.29, 0.717) is 65.1 Å². The number of hydrogen-bond acceptors (Lipinski definition) is 5. The molecule has 2 fully saturated rings. The number of amides is 5. The number of carbonyl (C=O) groups excluding carboxylic acids is 3. The summed E-state index contributed by atoms with van der Waals surface area (Å²) in [4.78, 5) is 48.4. The van der Waals surface area contributed by atoms with Crippen molar-refractivity contribution < 1.29 is 18.8 Å². The standard InChI is InChI=1S/C36H41FN8O3/c1-23-6-3-4-9-31(23)42-14-16-43(17-15-42)34(46)30(20-25-18-24(2)32-27(19-25)21-38-41-32)39-35(47)44-12-10-28(11-13-44)45-22-26-7-5-8-29(37)33(26)40-36(45)48/h3-9,18-19,21,28,30H,10-17,20,22H2,1-2H3,(H,38,41)(H,39,47)(H,40,48). The number of rotatable bonds is 6. The Hall–Kier alpha value is -5.13. The molecule has 7 rings (SSSR count). The molecule has 12 heteroatoms. The van der Waals surface area contributed by atoms with Crippen LogP contribution in [0.5, 0.6) is 0 Å². The first-order chi connectivity index (χ1) is 23.2. The number of halogens is 1. The van der Waals surface area contributed by atoms with Gasteiger partial charge in [-0.3, -0.25) is 9.89 Å². The molecular formula is C36H41FN8O3. The first-order valence-electron chi connectivity index (χ1n) is 16.7. The lowest BCUT2D eigenvalue weighted by Crippen LogP contribution is -2.58. The lowest BCUT2D eigenvalue weighted by Gasteiger charge is -2.41. The van der Waals surface area contributed by atoms with E-state index >= 15 is 0 Å². The molecule has 0 radical (unpaired) electrons. The maximum atomic E-state index is 14.2. The summed E-state index contributed by atoms with van der Waals surface area (Å²) in [5.74, 6) is -0.535. The minimum absolute atomic E-state index is 0.0860. The highest BCUT2D eigenvalue weighted by atomic mass is 19.1. The van der Waals surface area contributed by atoms with Crippen molar-refractivity contribution in [1.82, 2.24) is 30.2 Å². The van der Waals surface area contributed by atoms with Gasteiger partial charge in [-0.2, -0.15) is 5.10 Å². The summed E-state index contributed by atoms with van der Waals surface area (Å²) in [6.07, 6.45) is 3.29. The van der Waals surface area contributed by atoms with Gasteiger partial charge in [0.05, 0.1) is 17.4 Å². The van der Waals surface area contributed by atoms with Gasteiger partial charge < -0.3 is 30.2 Å². The van der Waals surface area contributed by atoms with Crippen LogP contribution in [0.1, 0.15) is 35.1 Å². The Labute approximate surface area is 279 Å². The second-order valence-corrected chi connectivity index (χ2v) is 13.1. The molecule has 3 aliphatic heterocycles. The van der Waals surface area contributed by atoms with Crippen molar-refractivity contribution in [3.05, 3.63) is 88.9 Å². The molecule has 48 heavy (non-hydrogen) atoms. The van der Waals surface area contributed by atoms with E-state index in [0.717, 1.165) is 27.6 Å². The lowest BCUT2D eigenvalue weighted by molar-refractivity contribution is -0.133. The predicted octanol–water partition coefficient (Wildman–Crippen LogP) is 4.80. The molecule has 0 saturated carbocycles. The Balaban J connectivity index is 1.02. The zero-order valence-electron chi connectivity index (χ0n) is 27.3. The molecule has 1 atom stereocenters. The summed E-state index contributed by atoms with van der Waals surface area (Å²) in [5.41, 5.74) is 6.29. The average molecular weight is 653 g/mol. The minimum Gasteiger partial charge on any atom is -0.368 e. The minimum atomic E-state index is -0.747. The van der Waals surface area contributed by atoms with Crippen molar-refractivity contribution in [3.8, 4) is 0 Å². The van der Waals surface area contributed by atoms with Gasteiger partial charge in [-0.1, -0.05) is 36.4 Å². The average Bonchev–Trinajstić information content (AvgIpc) is 3.58. The zero-order chi connectivity index (χ0) is 33.4. The Bertz CT molecular complexity index is 1840. The lowest BCUT2D eigenvalue weighted by atomic mass is 9.99. The van der Waals surface area contributed by atoms with Gasteiger partial charge >= 0.3 is 12.1 Å². The molecule has 3 N–H and O–H groups in total. The van der Waals surface area contributed by atoms with Crippen LogP contribution < -0.4 is 15.5 Å². The number of nitrogens with zero attached hydrogens (tertiary/aromatic N) is 5. The number of aromatic amines is 1. The van der Waals surface area contributed by atoms with E-state index in [9.17, 15) is 18.8 Å². The van der Waals surface area contributed by atoms with Gasteiger partial charge in [0.1, 0.15) is 11.9 Å². The maximum absolute atomic E-state index is 14.2. The van der Waals surface area contributed by atoms with Crippen LogP contribution in [-0.2, 0) is 17.8 Å². The summed E-state index contributed by atoms with van der Waals surface area (Å²) in [6.45, 7) is 7.86. The Morgan fingerprint density at radius 1 is 0.958 bits per heavy atom. The normalized spacial score (nSPS) is 17.7. The van der Waals surface area contributed by atoms with E-state index in [1.54, 1.807) is 22.1 Å². The molecule has 3 aromatic carbocycles. The topological polar surface area (TPSA) is 117 Å². The van der Waals surface area contributed by atoms with Gasteiger partial charge in [0.15, 0.2) is 0 Å². The van der Waals surface area contributed by atoms with Crippen molar-refractivity contribution >= 4 is 40.2 Å². The number of benzene rings is 3. The number of aryl methyl sites for hydroxylation is 2. The first kappa shape index (κ1) is 31.5. The number of piperidine rings is 1. The molecule has 0 bridgehead atoms. The second kappa shape index (κ2) is 13.2. The van der Waals surface area contributed by atoms with Crippen LogP contribution in [0.4, 0.5) is 25.4 Å². The van der Waals surface area contributed by atoms with Gasteiger partial charge in [0.25, 0.3) is 0 Å². The van der Waals surface area contributed by atoms with Crippen LogP contribution in [0.15, 0.2) is 60.8 Å². The maximum Gasteiger partial charge on any atom is 0.322 e. The predicted molar refractivity (Wildman–Crippen MR) is 182 cm³/mol. The quantitative estimate of drug-likeness (QED) is 0.277. The molecule has 2 saturated heterocycles. The second-order valence-electron chi connectivity index (χ2n) is 13.1. The Morgan fingerprint density at radius 3 is 2.50 bits per heavy atom. The number of anilines is 2. The van der Waals surface area contributed by atoms with E-state index in [2.05, 4.69) is 44.8 Å². The summed E-state index contributed by atoms with van der Waals surface area (Å²) in [7, 11) is 0. The van der Waals surface area contributed by atoms with E-state index in [1.807, 2.05) is 42.2 Å². The van der Waals surface area contributed by atoms with Crippen LogP contribution in [0, 0.1) is 19.7 Å². The number of piperazine rings is 1. The SMILES string of the molecule is Cc1ccccc1N1CCN(C(=O)C(Cc2cc(C)c3[nH]ncc3c2)NC(=O)N2CCC(N3Cc4cccc(F)c4NC3=O)CC2)CC1. The van der Waals surface area contributed by atoms with Gasteiger partial charge in [0.2, 0.25) is 5.91 Å². The van der Waals surface area contributed by atoms with Crippen molar-refractivity contribution in [2.75, 3.05) is 49.5 Å². The van der Waals surface area contributed by atoms with Crippen LogP contribution in [0.25, 0.3) is 10.9 Å². The third-order valence-electron chi connectivity index (χ3n) is 10.0. The summed E-state index contributed by atoms with van der Waals surface area (Å²) in [5, 5.41) is 13.9. The summed E-state index contributed by atoms with van der Waals surface area (Å²) >= 11 is 0. The molecule has 4 heterocycles. The van der Waals surface area contributed by atoms with Gasteiger partial charge in [0, 0.05) is 69.3 Å². The molecule has 1 aromatic heterocycles. The third kappa shape index (κ3) is 6.26. The third-order valence-corrected chi connectivity index (χ3v) is 10.0. The smallest absolute Gasteiger partial charge is 0.322 e. The fourth-order valence-electron chi connectivity index (χ4n) is 7.36. The number of urea groups is 2. The van der Waals surface area contributed by atoms with E-state index < -0.39 is 11.9 Å². The first-order valence-corrected chi connectivity index (χ1v) is 16.7. The molecule has 0 spiro atoms. The highest BCUT2D eigenvalue weighted by Crippen LogP contribution is 2.30. The molecule has 5 amide bonds. The molecule has 4 aromatic rings. The number of para-hydroxylation sites is 2. The van der Waals surface area contributed by atoms with Crippen LogP contribution in [-0.4, -0.2) is 94.2 Å². The molecule has 0 aliphatic carbocycles. The number of nitrogens with one attached hydrogen (secondary N) is 3. The van der Waals surface area contributed by atoms with E-state index in [-0.39, 0.29) is 29.7 Å². The fourth-order valence-corrected chi connectivity index (χ4v) is 7.36. The number of H-pyrrole nitrogens is 1. The number of hydrogen-bond donors (Lipinski definition) is 3. The Kier molecular flexibility index (Phi) is 8.63. The van der Waals surface area contributed by atoms with Crippen LogP contribution in [0.3, 0.4) is 0 Å². The van der Waals surface area contributed by atoms with Crippen LogP contribution >= 0.6 is 0 Å². The van der Waals surface area contributed by atoms with Crippen molar-refractivity contribution in [3.63, 3.8) is 0 Å². The molecule has 11 nitrogen and oxygen atoms in total. The number of aromatic nitrogens is 2.